The molecule has 1 aromatic heterocycles. The third-order valence-electron chi connectivity index (χ3n) is 3.76. The lowest BCUT2D eigenvalue weighted by atomic mass is 9.99. The highest BCUT2D eigenvalue weighted by Crippen LogP contribution is 2.31. The molecule has 2 rings (SSSR count). The molecule has 1 saturated heterocycles. The van der Waals surface area contributed by atoms with Crippen LogP contribution in [0.25, 0.3) is 0 Å². The van der Waals surface area contributed by atoms with Gasteiger partial charge in [0.2, 0.25) is 5.91 Å². The van der Waals surface area contributed by atoms with Crippen molar-refractivity contribution in [1.29, 1.82) is 0 Å². The van der Waals surface area contributed by atoms with E-state index in [0.29, 0.717) is 5.92 Å². The first-order valence-corrected chi connectivity index (χ1v) is 9.05. The van der Waals surface area contributed by atoms with Crippen LogP contribution < -0.4 is 5.32 Å². The summed E-state index contributed by atoms with van der Waals surface area (Å²) in [5.74, 6) is 1.64. The van der Waals surface area contributed by atoms with Gasteiger partial charge in [0.25, 0.3) is 0 Å². The lowest BCUT2D eigenvalue weighted by molar-refractivity contribution is -0.130. The molecular weight excluding hydrogens is 276 g/mol. The molecule has 106 valence electrons. The number of hydrogen-bond acceptors (Lipinski definition) is 4. The molecule has 1 aliphatic rings. The molecule has 1 aliphatic heterocycles. The standard InChI is InChI=1S/C14H22N2OS2/c1-4-10(2)12-14(17)16(7-9-18-3)13(15-12)11-6-5-8-19-11/h5-6,8,10,12-13,15H,4,7,9H2,1-3H3. The number of carbonyl (C=O) groups is 1. The van der Waals surface area contributed by atoms with Crippen LogP contribution >= 0.6 is 23.1 Å². The molecule has 1 aromatic rings. The summed E-state index contributed by atoms with van der Waals surface area (Å²) in [4.78, 5) is 15.8. The maximum absolute atomic E-state index is 12.6. The minimum absolute atomic E-state index is 0.0287. The van der Waals surface area contributed by atoms with Gasteiger partial charge in [-0.3, -0.25) is 10.1 Å². The highest BCUT2D eigenvalue weighted by Gasteiger charge is 2.41. The van der Waals surface area contributed by atoms with E-state index in [-0.39, 0.29) is 18.1 Å². The monoisotopic (exact) mass is 298 g/mol. The Morgan fingerprint density at radius 3 is 2.95 bits per heavy atom. The molecule has 3 atom stereocenters. The zero-order valence-corrected chi connectivity index (χ0v) is 13.4. The fourth-order valence-corrected chi connectivity index (χ4v) is 3.57. The second-order valence-electron chi connectivity index (χ2n) is 4.97. The fourth-order valence-electron chi connectivity index (χ4n) is 2.39. The summed E-state index contributed by atoms with van der Waals surface area (Å²) in [6.45, 7) is 5.12. The molecule has 5 heteroatoms. The van der Waals surface area contributed by atoms with E-state index >= 15 is 0 Å². The summed E-state index contributed by atoms with van der Waals surface area (Å²) >= 11 is 3.50. The molecule has 0 saturated carbocycles. The predicted molar refractivity (Wildman–Crippen MR) is 83.5 cm³/mol. The Kier molecular flexibility index (Phi) is 5.30. The number of thioether (sulfide) groups is 1. The number of nitrogens with zero attached hydrogens (tertiary/aromatic N) is 1. The van der Waals surface area contributed by atoms with E-state index in [1.807, 2.05) is 4.90 Å². The van der Waals surface area contributed by atoms with Crippen molar-refractivity contribution in [2.75, 3.05) is 18.6 Å². The van der Waals surface area contributed by atoms with Crippen LogP contribution in [-0.2, 0) is 4.79 Å². The Balaban J connectivity index is 2.17. The smallest absolute Gasteiger partial charge is 0.241 e. The third-order valence-corrected chi connectivity index (χ3v) is 5.28. The van der Waals surface area contributed by atoms with Gasteiger partial charge in [0.15, 0.2) is 0 Å². The Morgan fingerprint density at radius 2 is 2.37 bits per heavy atom. The van der Waals surface area contributed by atoms with Crippen LogP contribution in [0.1, 0.15) is 31.3 Å². The zero-order valence-electron chi connectivity index (χ0n) is 11.8. The molecule has 2 heterocycles. The van der Waals surface area contributed by atoms with Gasteiger partial charge in [-0.15, -0.1) is 11.3 Å². The van der Waals surface area contributed by atoms with Crippen LogP contribution in [0.2, 0.25) is 0 Å². The van der Waals surface area contributed by atoms with Crippen LogP contribution in [0.15, 0.2) is 17.5 Å². The molecular formula is C14H22N2OS2. The van der Waals surface area contributed by atoms with Gasteiger partial charge in [-0.2, -0.15) is 11.8 Å². The normalized spacial score (nSPS) is 25.0. The molecule has 0 bridgehead atoms. The first-order valence-electron chi connectivity index (χ1n) is 6.77. The van der Waals surface area contributed by atoms with Gasteiger partial charge in [0.05, 0.1) is 6.04 Å². The largest absolute Gasteiger partial charge is 0.320 e. The molecule has 3 unspecified atom stereocenters. The first-order chi connectivity index (χ1) is 9.19. The molecule has 1 fully saturated rings. The molecule has 0 aliphatic carbocycles. The minimum atomic E-state index is -0.0287. The van der Waals surface area contributed by atoms with Crippen molar-refractivity contribution < 1.29 is 4.79 Å². The quantitative estimate of drug-likeness (QED) is 0.876. The van der Waals surface area contributed by atoms with Crippen molar-refractivity contribution in [2.45, 2.75) is 32.5 Å². The predicted octanol–water partition coefficient (Wildman–Crippen LogP) is 2.96. The number of carbonyl (C=O) groups excluding carboxylic acids is 1. The van der Waals surface area contributed by atoms with Crippen LogP contribution in [0, 0.1) is 5.92 Å². The number of hydrogen-bond donors (Lipinski definition) is 1. The van der Waals surface area contributed by atoms with Gasteiger partial charge in [-0.05, 0) is 23.6 Å². The lowest BCUT2D eigenvalue weighted by Crippen LogP contribution is -2.36. The number of amides is 1. The SMILES string of the molecule is CCC(C)C1NC(c2cccs2)N(CCSC)C1=O. The van der Waals surface area contributed by atoms with Crippen molar-refractivity contribution in [3.63, 3.8) is 0 Å². The number of nitrogens with one attached hydrogen (secondary N) is 1. The zero-order chi connectivity index (χ0) is 13.8. The van der Waals surface area contributed by atoms with Crippen LogP contribution in [0.5, 0.6) is 0 Å². The van der Waals surface area contributed by atoms with Crippen LogP contribution in [0.4, 0.5) is 0 Å². The van der Waals surface area contributed by atoms with E-state index in [0.717, 1.165) is 18.7 Å². The van der Waals surface area contributed by atoms with Gasteiger partial charge < -0.3 is 4.90 Å². The average molecular weight is 298 g/mol. The van der Waals surface area contributed by atoms with Crippen molar-refractivity contribution in [2.24, 2.45) is 5.92 Å². The Hall–Kier alpha value is -0.520. The minimum Gasteiger partial charge on any atom is -0.320 e. The molecule has 0 spiro atoms. The van der Waals surface area contributed by atoms with E-state index in [2.05, 4.69) is 42.9 Å². The van der Waals surface area contributed by atoms with E-state index < -0.39 is 0 Å². The summed E-state index contributed by atoms with van der Waals surface area (Å²) in [5.41, 5.74) is 0. The summed E-state index contributed by atoms with van der Waals surface area (Å²) in [6.07, 6.45) is 3.18. The summed E-state index contributed by atoms with van der Waals surface area (Å²) in [7, 11) is 0. The Bertz CT molecular complexity index is 408. The molecule has 0 aromatic carbocycles. The van der Waals surface area contributed by atoms with Gasteiger partial charge in [-0.25, -0.2) is 0 Å². The summed E-state index contributed by atoms with van der Waals surface area (Å²) in [6, 6.07) is 4.13. The highest BCUT2D eigenvalue weighted by atomic mass is 32.2. The first kappa shape index (κ1) is 14.9. The average Bonchev–Trinajstić information content (AvgIpc) is 3.03. The molecule has 0 radical (unpaired) electrons. The summed E-state index contributed by atoms with van der Waals surface area (Å²) < 4.78 is 0. The van der Waals surface area contributed by atoms with Crippen molar-refractivity contribution >= 4 is 29.0 Å². The second-order valence-corrected chi connectivity index (χ2v) is 6.94. The van der Waals surface area contributed by atoms with Crippen molar-refractivity contribution in [3.8, 4) is 0 Å². The lowest BCUT2D eigenvalue weighted by Gasteiger charge is -2.22. The Morgan fingerprint density at radius 1 is 1.58 bits per heavy atom. The molecule has 19 heavy (non-hydrogen) atoms. The number of thiophene rings is 1. The topological polar surface area (TPSA) is 32.3 Å². The summed E-state index contributed by atoms with van der Waals surface area (Å²) in [5, 5.41) is 5.60. The van der Waals surface area contributed by atoms with Gasteiger partial charge in [0, 0.05) is 17.2 Å². The third kappa shape index (κ3) is 3.15. The van der Waals surface area contributed by atoms with E-state index in [1.54, 1.807) is 23.1 Å². The second kappa shape index (κ2) is 6.77. The highest BCUT2D eigenvalue weighted by molar-refractivity contribution is 7.98. The Labute approximate surface area is 123 Å². The van der Waals surface area contributed by atoms with Gasteiger partial charge in [0.1, 0.15) is 6.17 Å². The van der Waals surface area contributed by atoms with Crippen LogP contribution in [0.3, 0.4) is 0 Å². The van der Waals surface area contributed by atoms with E-state index in [1.165, 1.54) is 4.88 Å². The van der Waals surface area contributed by atoms with Gasteiger partial charge >= 0.3 is 0 Å². The van der Waals surface area contributed by atoms with Gasteiger partial charge in [-0.1, -0.05) is 26.3 Å². The fraction of sp³-hybridized carbons (Fsp3) is 0.643. The molecule has 1 amide bonds. The molecule has 1 N–H and O–H groups in total. The number of rotatable bonds is 6. The van der Waals surface area contributed by atoms with E-state index in [4.69, 9.17) is 0 Å². The van der Waals surface area contributed by atoms with Crippen LogP contribution in [-0.4, -0.2) is 35.4 Å². The maximum atomic E-state index is 12.6. The molecule has 3 nitrogen and oxygen atoms in total. The maximum Gasteiger partial charge on any atom is 0.241 e. The van der Waals surface area contributed by atoms with Crippen molar-refractivity contribution in [3.05, 3.63) is 22.4 Å². The van der Waals surface area contributed by atoms with Crippen molar-refractivity contribution in [1.82, 2.24) is 10.2 Å². The van der Waals surface area contributed by atoms with E-state index in [9.17, 15) is 4.79 Å².